The highest BCUT2D eigenvalue weighted by molar-refractivity contribution is 6.84. The van der Waals surface area contributed by atoms with Crippen molar-refractivity contribution < 1.29 is 0 Å². The Hall–Kier alpha value is -4.59. The molecule has 0 fully saturated rings. The van der Waals surface area contributed by atoms with Gasteiger partial charge in [-0.15, -0.1) is 0 Å². The molecule has 6 rings (SSSR count). The lowest BCUT2D eigenvalue weighted by atomic mass is 10.1. The number of pyridine rings is 2. The number of nitrogens with zero attached hydrogens (tertiary/aromatic N) is 3. The summed E-state index contributed by atoms with van der Waals surface area (Å²) < 4.78 is 0. The second kappa shape index (κ2) is 12.3. The lowest BCUT2D eigenvalue weighted by Crippen LogP contribution is -2.39. The Morgan fingerprint density at radius 3 is 1.63 bits per heavy atom. The molecular formula is C36H33N3Si2. The lowest BCUT2D eigenvalue weighted by molar-refractivity contribution is 1.27. The van der Waals surface area contributed by atoms with E-state index in [1.54, 1.807) is 0 Å². The minimum atomic E-state index is -1.25. The molecular weight excluding hydrogens is 531 g/mol. The Bertz CT molecular complexity index is 1720. The van der Waals surface area contributed by atoms with Gasteiger partial charge in [-0.3, -0.25) is 9.97 Å². The topological polar surface area (TPSA) is 29.0 Å². The molecule has 0 radical (unpaired) electrons. The van der Waals surface area contributed by atoms with Gasteiger partial charge in [0.25, 0.3) is 0 Å². The molecule has 0 aliphatic carbocycles. The molecule has 0 spiro atoms. The molecule has 5 heteroatoms. The Labute approximate surface area is 246 Å². The monoisotopic (exact) mass is 563 g/mol. The van der Waals surface area contributed by atoms with Crippen LogP contribution in [-0.4, -0.2) is 28.3 Å². The van der Waals surface area contributed by atoms with Gasteiger partial charge in [0.05, 0.1) is 20.9 Å². The molecule has 1 atom stereocenters. The maximum Gasteiger partial charge on any atom is 0.102 e. The van der Waals surface area contributed by atoms with Crippen LogP contribution in [0.25, 0.3) is 22.5 Å². The number of aromatic nitrogens is 2. The zero-order valence-corrected chi connectivity index (χ0v) is 26.1. The summed E-state index contributed by atoms with van der Waals surface area (Å²) in [5.74, 6) is 0. The maximum absolute atomic E-state index is 4.92. The highest BCUT2D eigenvalue weighted by atomic mass is 28.3. The molecule has 0 aliphatic rings. The average Bonchev–Trinajstić information content (AvgIpc) is 3.06. The van der Waals surface area contributed by atoms with Crippen molar-refractivity contribution in [2.45, 2.75) is 13.1 Å². The average molecular weight is 564 g/mol. The van der Waals surface area contributed by atoms with Gasteiger partial charge in [0.2, 0.25) is 0 Å². The van der Waals surface area contributed by atoms with E-state index in [9.17, 15) is 0 Å². The van der Waals surface area contributed by atoms with Crippen LogP contribution in [-0.2, 0) is 0 Å². The summed E-state index contributed by atoms with van der Waals surface area (Å²) in [6.45, 7) is 4.66. The summed E-state index contributed by atoms with van der Waals surface area (Å²) in [6, 6.07) is 47.5. The number of anilines is 3. The molecule has 41 heavy (non-hydrogen) atoms. The van der Waals surface area contributed by atoms with Crippen LogP contribution in [0.15, 0.2) is 146 Å². The van der Waals surface area contributed by atoms with Gasteiger partial charge >= 0.3 is 0 Å². The number of rotatable bonds is 8. The van der Waals surface area contributed by atoms with Gasteiger partial charge in [-0.1, -0.05) is 103 Å². The SMILES string of the molecule is C[SiH2]c1ccc(-c2cccc(N(c3ccccc3)c3cccc(-c4ccc([SiH](C)c5ccccc5)cn4)c3)c2)nc1. The molecule has 2 aromatic heterocycles. The fraction of sp³-hybridized carbons (Fsp3) is 0.0556. The van der Waals surface area contributed by atoms with E-state index in [4.69, 9.17) is 9.97 Å². The van der Waals surface area contributed by atoms with Crippen molar-refractivity contribution in [3.8, 4) is 22.5 Å². The summed E-state index contributed by atoms with van der Waals surface area (Å²) in [6.07, 6.45) is 4.11. The fourth-order valence-corrected chi connectivity index (χ4v) is 7.70. The van der Waals surface area contributed by atoms with Crippen LogP contribution in [0.5, 0.6) is 0 Å². The van der Waals surface area contributed by atoms with Crippen LogP contribution in [0.2, 0.25) is 13.1 Å². The number of hydrogen-bond acceptors (Lipinski definition) is 3. The van der Waals surface area contributed by atoms with Crippen molar-refractivity contribution in [3.63, 3.8) is 0 Å². The Morgan fingerprint density at radius 1 is 0.537 bits per heavy atom. The standard InChI is InChI=1S/C36H33N3Si2/c1-40-32-19-21-35(37-25-32)27-11-9-15-30(23-27)39(29-13-5-3-6-14-29)31-16-10-12-28(24-31)36-22-20-34(26-38-36)41(2)33-17-7-4-8-18-33/h3-26,41H,40H2,1-2H3. The van der Waals surface area contributed by atoms with E-state index < -0.39 is 8.80 Å². The summed E-state index contributed by atoms with van der Waals surface area (Å²) in [5.41, 5.74) is 7.47. The normalized spacial score (nSPS) is 12.0. The fourth-order valence-electron chi connectivity index (χ4n) is 5.20. The Kier molecular flexibility index (Phi) is 7.98. The number of hydrogen-bond donors (Lipinski definition) is 0. The van der Waals surface area contributed by atoms with Crippen molar-refractivity contribution in [3.05, 3.63) is 146 Å². The molecule has 2 heterocycles. The molecule has 0 aliphatic heterocycles. The molecule has 1 unspecified atom stereocenters. The van der Waals surface area contributed by atoms with Gasteiger partial charge in [0.1, 0.15) is 8.80 Å². The van der Waals surface area contributed by atoms with Crippen LogP contribution in [0, 0.1) is 0 Å². The largest absolute Gasteiger partial charge is 0.310 e. The van der Waals surface area contributed by atoms with E-state index in [1.165, 1.54) is 15.6 Å². The zero-order chi connectivity index (χ0) is 28.0. The van der Waals surface area contributed by atoms with Crippen molar-refractivity contribution in [1.82, 2.24) is 9.97 Å². The first-order valence-electron chi connectivity index (χ1n) is 14.2. The summed E-state index contributed by atoms with van der Waals surface area (Å²) >= 11 is 0. The Morgan fingerprint density at radius 2 is 1.10 bits per heavy atom. The maximum atomic E-state index is 4.92. The minimum absolute atomic E-state index is 0.215. The molecule has 6 aromatic rings. The highest BCUT2D eigenvalue weighted by Gasteiger charge is 2.15. The molecule has 0 N–H and O–H groups in total. The van der Waals surface area contributed by atoms with Gasteiger partial charge in [-0.2, -0.15) is 0 Å². The first-order chi connectivity index (χ1) is 20.2. The quantitative estimate of drug-likeness (QED) is 0.210. The van der Waals surface area contributed by atoms with Crippen LogP contribution < -0.4 is 20.5 Å². The van der Waals surface area contributed by atoms with E-state index >= 15 is 0 Å². The van der Waals surface area contributed by atoms with E-state index in [2.05, 4.69) is 158 Å². The predicted molar refractivity (Wildman–Crippen MR) is 180 cm³/mol. The second-order valence-electron chi connectivity index (χ2n) is 10.3. The van der Waals surface area contributed by atoms with Crippen LogP contribution in [0.1, 0.15) is 0 Å². The zero-order valence-electron chi connectivity index (χ0n) is 23.5. The minimum Gasteiger partial charge on any atom is -0.310 e. The molecule has 0 saturated carbocycles. The molecule has 0 bridgehead atoms. The van der Waals surface area contributed by atoms with Crippen molar-refractivity contribution in [2.24, 2.45) is 0 Å². The summed E-state index contributed by atoms with van der Waals surface area (Å²) in [7, 11) is -1.47. The molecule has 0 saturated heterocycles. The van der Waals surface area contributed by atoms with Crippen molar-refractivity contribution >= 4 is 50.9 Å². The van der Waals surface area contributed by atoms with Crippen LogP contribution >= 0.6 is 0 Å². The van der Waals surface area contributed by atoms with Crippen LogP contribution in [0.4, 0.5) is 17.1 Å². The first kappa shape index (κ1) is 26.6. The van der Waals surface area contributed by atoms with Crippen molar-refractivity contribution in [2.75, 3.05) is 4.90 Å². The smallest absolute Gasteiger partial charge is 0.102 e. The highest BCUT2D eigenvalue weighted by Crippen LogP contribution is 2.37. The van der Waals surface area contributed by atoms with Gasteiger partial charge in [-0.05, 0) is 58.9 Å². The van der Waals surface area contributed by atoms with Crippen LogP contribution in [0.3, 0.4) is 0 Å². The molecule has 3 nitrogen and oxygen atoms in total. The van der Waals surface area contributed by atoms with Crippen molar-refractivity contribution in [1.29, 1.82) is 0 Å². The first-order valence-corrected chi connectivity index (χ1v) is 18.6. The van der Waals surface area contributed by atoms with Gasteiger partial charge < -0.3 is 4.90 Å². The van der Waals surface area contributed by atoms with Gasteiger partial charge in [0, 0.05) is 40.6 Å². The predicted octanol–water partition coefficient (Wildman–Crippen LogP) is 6.09. The molecule has 4 aromatic carbocycles. The number of para-hydroxylation sites is 1. The van der Waals surface area contributed by atoms with Gasteiger partial charge in [0.15, 0.2) is 0 Å². The third-order valence-electron chi connectivity index (χ3n) is 7.63. The summed E-state index contributed by atoms with van der Waals surface area (Å²) in [5, 5.41) is 4.16. The third-order valence-corrected chi connectivity index (χ3v) is 11.6. The lowest BCUT2D eigenvalue weighted by Gasteiger charge is -2.26. The van der Waals surface area contributed by atoms with E-state index in [0.29, 0.717) is 0 Å². The second-order valence-corrected chi connectivity index (χ2v) is 14.6. The summed E-state index contributed by atoms with van der Waals surface area (Å²) in [4.78, 5) is 12.0. The molecule has 200 valence electrons. The number of benzene rings is 4. The Balaban J connectivity index is 1.35. The van der Waals surface area contributed by atoms with E-state index in [1.807, 2.05) is 6.20 Å². The third kappa shape index (κ3) is 5.97. The molecule has 0 amide bonds. The van der Waals surface area contributed by atoms with Gasteiger partial charge in [-0.25, -0.2) is 0 Å². The van der Waals surface area contributed by atoms with E-state index in [0.717, 1.165) is 39.6 Å². The van der Waals surface area contributed by atoms with E-state index in [-0.39, 0.29) is 9.52 Å².